The Morgan fingerprint density at radius 3 is 2.79 bits per heavy atom. The van der Waals surface area contributed by atoms with E-state index in [9.17, 15) is 8.42 Å². The fraction of sp³-hybridized carbons (Fsp3) is 0.429. The van der Waals surface area contributed by atoms with Gasteiger partial charge in [-0.05, 0) is 31.0 Å². The lowest BCUT2D eigenvalue weighted by Gasteiger charge is -2.16. The number of benzene rings is 1. The Morgan fingerprint density at radius 1 is 1.42 bits per heavy atom. The van der Waals surface area contributed by atoms with Crippen molar-refractivity contribution in [2.45, 2.75) is 30.2 Å². The number of hydrogen-bond acceptors (Lipinski definition) is 3. The lowest BCUT2D eigenvalue weighted by molar-refractivity contribution is 0.305. The van der Waals surface area contributed by atoms with E-state index in [0.29, 0.717) is 12.0 Å². The summed E-state index contributed by atoms with van der Waals surface area (Å²) in [6.07, 6.45) is 2.26. The summed E-state index contributed by atoms with van der Waals surface area (Å²) in [6, 6.07) is 6.77. The van der Waals surface area contributed by atoms with Crippen LogP contribution in [0.4, 0.5) is 0 Å². The molecule has 0 atom stereocenters. The minimum Gasteiger partial charge on any atom is -0.395 e. The molecule has 1 aliphatic rings. The van der Waals surface area contributed by atoms with Gasteiger partial charge in [-0.2, -0.15) is 4.31 Å². The van der Waals surface area contributed by atoms with E-state index in [1.165, 1.54) is 4.31 Å². The molecule has 0 spiro atoms. The number of aliphatic hydroxyl groups is 1. The number of sulfonamides is 1. The van der Waals surface area contributed by atoms with Crippen LogP contribution < -0.4 is 0 Å². The van der Waals surface area contributed by atoms with E-state index in [0.717, 1.165) is 12.8 Å². The van der Waals surface area contributed by atoms with Crippen LogP contribution in [0.25, 0.3) is 0 Å². The summed E-state index contributed by atoms with van der Waals surface area (Å²) < 4.78 is 26.1. The number of aliphatic hydroxyl groups excluding tert-OH is 1. The van der Waals surface area contributed by atoms with Crippen LogP contribution in [-0.2, 0) is 10.0 Å². The van der Waals surface area contributed by atoms with Gasteiger partial charge in [-0.1, -0.05) is 17.9 Å². The highest BCUT2D eigenvalue weighted by Crippen LogP contribution is 2.30. The summed E-state index contributed by atoms with van der Waals surface area (Å²) in [7, 11) is -1.79. The molecule has 1 aliphatic carbocycles. The van der Waals surface area contributed by atoms with Crippen molar-refractivity contribution in [2.75, 3.05) is 13.7 Å². The van der Waals surface area contributed by atoms with Crippen LogP contribution in [-0.4, -0.2) is 37.5 Å². The van der Waals surface area contributed by atoms with E-state index in [-0.39, 0.29) is 17.5 Å². The molecule has 102 valence electrons. The molecule has 1 saturated carbocycles. The van der Waals surface area contributed by atoms with Crippen LogP contribution in [0.2, 0.25) is 0 Å². The molecule has 4 nitrogen and oxygen atoms in total. The van der Waals surface area contributed by atoms with Crippen molar-refractivity contribution in [3.8, 4) is 11.8 Å². The van der Waals surface area contributed by atoms with Crippen molar-refractivity contribution in [1.29, 1.82) is 0 Å². The molecule has 0 bridgehead atoms. The standard InChI is InChI=1S/C14H17NO3S/c1-15(13-8-9-13)19(17,18)14-7-4-6-12(11-14)5-2-3-10-16/h4,6-7,11,13,16H,3,8-10H2,1H3. The van der Waals surface area contributed by atoms with Gasteiger partial charge < -0.3 is 5.11 Å². The zero-order valence-corrected chi connectivity index (χ0v) is 11.7. The molecule has 1 fully saturated rings. The van der Waals surface area contributed by atoms with Crippen molar-refractivity contribution < 1.29 is 13.5 Å². The van der Waals surface area contributed by atoms with E-state index in [1.54, 1.807) is 31.3 Å². The van der Waals surface area contributed by atoms with Crippen LogP contribution in [0.15, 0.2) is 29.2 Å². The molecule has 5 heteroatoms. The van der Waals surface area contributed by atoms with E-state index < -0.39 is 10.0 Å². The van der Waals surface area contributed by atoms with Gasteiger partial charge in [0.2, 0.25) is 10.0 Å². The van der Waals surface area contributed by atoms with Crippen molar-refractivity contribution in [3.05, 3.63) is 29.8 Å². The van der Waals surface area contributed by atoms with Crippen LogP contribution >= 0.6 is 0 Å². The Morgan fingerprint density at radius 2 is 2.16 bits per heavy atom. The quantitative estimate of drug-likeness (QED) is 0.843. The first-order valence-electron chi connectivity index (χ1n) is 6.23. The fourth-order valence-corrected chi connectivity index (χ4v) is 3.22. The SMILES string of the molecule is CN(C1CC1)S(=O)(=O)c1cccc(C#CCCO)c1. The van der Waals surface area contributed by atoms with Crippen molar-refractivity contribution >= 4 is 10.0 Å². The zero-order valence-electron chi connectivity index (χ0n) is 10.8. The maximum Gasteiger partial charge on any atom is 0.243 e. The minimum atomic E-state index is -3.41. The highest BCUT2D eigenvalue weighted by atomic mass is 32.2. The molecule has 1 N–H and O–H groups in total. The van der Waals surface area contributed by atoms with Gasteiger partial charge in [0.15, 0.2) is 0 Å². The fourth-order valence-electron chi connectivity index (χ4n) is 1.76. The van der Waals surface area contributed by atoms with Gasteiger partial charge >= 0.3 is 0 Å². The summed E-state index contributed by atoms with van der Waals surface area (Å²) in [6.45, 7) is 0.00933. The monoisotopic (exact) mass is 279 g/mol. The highest BCUT2D eigenvalue weighted by molar-refractivity contribution is 7.89. The van der Waals surface area contributed by atoms with Gasteiger partial charge in [-0.15, -0.1) is 0 Å². The van der Waals surface area contributed by atoms with Crippen molar-refractivity contribution in [3.63, 3.8) is 0 Å². The van der Waals surface area contributed by atoms with Gasteiger partial charge in [-0.25, -0.2) is 8.42 Å². The first kappa shape index (κ1) is 14.1. The molecular weight excluding hydrogens is 262 g/mol. The summed E-state index contributed by atoms with van der Waals surface area (Å²) in [4.78, 5) is 0.276. The Kier molecular flexibility index (Phi) is 4.25. The zero-order chi connectivity index (χ0) is 13.9. The van der Waals surface area contributed by atoms with E-state index in [1.807, 2.05) is 0 Å². The van der Waals surface area contributed by atoms with E-state index in [4.69, 9.17) is 5.11 Å². The van der Waals surface area contributed by atoms with E-state index in [2.05, 4.69) is 11.8 Å². The lowest BCUT2D eigenvalue weighted by Crippen LogP contribution is -2.28. The Labute approximate surface area is 114 Å². The molecule has 1 aromatic rings. The molecule has 0 saturated heterocycles. The first-order chi connectivity index (χ1) is 9.05. The molecule has 0 aliphatic heterocycles. The van der Waals surface area contributed by atoms with Crippen LogP contribution in [0.3, 0.4) is 0 Å². The summed E-state index contributed by atoms with van der Waals surface area (Å²) in [5, 5.41) is 8.66. The van der Waals surface area contributed by atoms with Gasteiger partial charge in [0.05, 0.1) is 11.5 Å². The van der Waals surface area contributed by atoms with Crippen molar-refractivity contribution in [1.82, 2.24) is 4.31 Å². The molecule has 0 unspecified atom stereocenters. The predicted molar refractivity (Wildman–Crippen MR) is 73.0 cm³/mol. The second kappa shape index (κ2) is 5.74. The lowest BCUT2D eigenvalue weighted by atomic mass is 10.2. The van der Waals surface area contributed by atoms with Crippen LogP contribution in [0.1, 0.15) is 24.8 Å². The predicted octanol–water partition coefficient (Wildman–Crippen LogP) is 1.20. The number of nitrogens with zero attached hydrogens (tertiary/aromatic N) is 1. The molecule has 0 aromatic heterocycles. The normalized spacial score (nSPS) is 15.1. The molecular formula is C14H17NO3S. The maximum absolute atomic E-state index is 12.3. The van der Waals surface area contributed by atoms with Gasteiger partial charge in [0.25, 0.3) is 0 Å². The topological polar surface area (TPSA) is 57.6 Å². The summed E-state index contributed by atoms with van der Waals surface area (Å²) in [5.74, 6) is 5.63. The van der Waals surface area contributed by atoms with E-state index >= 15 is 0 Å². The summed E-state index contributed by atoms with van der Waals surface area (Å²) >= 11 is 0. The molecule has 0 radical (unpaired) electrons. The number of rotatable bonds is 4. The Hall–Kier alpha value is -1.35. The third-order valence-electron chi connectivity index (χ3n) is 3.04. The largest absolute Gasteiger partial charge is 0.395 e. The highest BCUT2D eigenvalue weighted by Gasteiger charge is 2.34. The van der Waals surface area contributed by atoms with Crippen LogP contribution in [0, 0.1) is 11.8 Å². The summed E-state index contributed by atoms with van der Waals surface area (Å²) in [5.41, 5.74) is 0.652. The minimum absolute atomic E-state index is 0.00933. The van der Waals surface area contributed by atoms with Gasteiger partial charge in [0.1, 0.15) is 0 Å². The van der Waals surface area contributed by atoms with Gasteiger partial charge in [-0.3, -0.25) is 0 Å². The second-order valence-corrected chi connectivity index (χ2v) is 6.55. The molecule has 0 heterocycles. The van der Waals surface area contributed by atoms with Crippen molar-refractivity contribution in [2.24, 2.45) is 0 Å². The average Bonchev–Trinajstić information content (AvgIpc) is 3.23. The number of hydrogen-bond donors (Lipinski definition) is 1. The third-order valence-corrected chi connectivity index (χ3v) is 4.95. The first-order valence-corrected chi connectivity index (χ1v) is 7.67. The molecule has 1 aromatic carbocycles. The Bertz CT molecular complexity index is 609. The third kappa shape index (κ3) is 3.35. The van der Waals surface area contributed by atoms with Gasteiger partial charge in [0, 0.05) is 25.1 Å². The maximum atomic E-state index is 12.3. The average molecular weight is 279 g/mol. The second-order valence-electron chi connectivity index (χ2n) is 4.56. The van der Waals surface area contributed by atoms with Crippen LogP contribution in [0.5, 0.6) is 0 Å². The molecule has 0 amide bonds. The molecule has 2 rings (SSSR count). The Balaban J connectivity index is 2.25. The smallest absolute Gasteiger partial charge is 0.243 e. The molecule has 19 heavy (non-hydrogen) atoms.